The molecular weight excluding hydrogens is 332 g/mol. The topological polar surface area (TPSA) is 91.4 Å². The standard InChI is InChI=1S/C18H22N6O2/c1-11-9-23(18-21-14-5-4-7-20-17(14)26-18)10-12(2)24(11)15-6-8-19-16(22-15)13(3)25/h4-8,11-13,25H,9-10H2,1-3H3/t11-,12+,13-/m1/s1. The minimum Gasteiger partial charge on any atom is -0.404 e. The summed E-state index contributed by atoms with van der Waals surface area (Å²) in [7, 11) is 0. The highest BCUT2D eigenvalue weighted by Gasteiger charge is 2.32. The maximum absolute atomic E-state index is 9.76. The van der Waals surface area contributed by atoms with Gasteiger partial charge in [-0.05, 0) is 39.0 Å². The lowest BCUT2D eigenvalue weighted by Crippen LogP contribution is -2.57. The number of piperazine rings is 1. The highest BCUT2D eigenvalue weighted by Crippen LogP contribution is 2.28. The first kappa shape index (κ1) is 16.7. The number of oxazole rings is 1. The van der Waals surface area contributed by atoms with Crippen LogP contribution in [0.1, 0.15) is 32.7 Å². The number of hydrogen-bond acceptors (Lipinski definition) is 8. The van der Waals surface area contributed by atoms with Crippen molar-refractivity contribution in [2.24, 2.45) is 0 Å². The second-order valence-corrected chi connectivity index (χ2v) is 6.78. The zero-order chi connectivity index (χ0) is 18.3. The lowest BCUT2D eigenvalue weighted by atomic mass is 10.1. The summed E-state index contributed by atoms with van der Waals surface area (Å²) >= 11 is 0. The van der Waals surface area contributed by atoms with Crippen molar-refractivity contribution in [3.8, 4) is 0 Å². The van der Waals surface area contributed by atoms with Crippen LogP contribution in [0.25, 0.3) is 11.2 Å². The maximum atomic E-state index is 9.76. The summed E-state index contributed by atoms with van der Waals surface area (Å²) in [5.74, 6) is 1.27. The Bertz CT molecular complexity index is 866. The average molecular weight is 354 g/mol. The molecule has 0 aromatic carbocycles. The Morgan fingerprint density at radius 3 is 2.58 bits per heavy atom. The fraction of sp³-hybridized carbons (Fsp3) is 0.444. The zero-order valence-corrected chi connectivity index (χ0v) is 15.1. The summed E-state index contributed by atoms with van der Waals surface area (Å²) in [6.07, 6.45) is 2.71. The van der Waals surface area contributed by atoms with E-state index in [0.717, 1.165) is 24.4 Å². The molecule has 3 aromatic rings. The van der Waals surface area contributed by atoms with Crippen LogP contribution < -0.4 is 9.80 Å². The highest BCUT2D eigenvalue weighted by atomic mass is 16.4. The van der Waals surface area contributed by atoms with Gasteiger partial charge in [-0.15, -0.1) is 0 Å². The molecule has 8 nitrogen and oxygen atoms in total. The van der Waals surface area contributed by atoms with Gasteiger partial charge in [-0.2, -0.15) is 4.98 Å². The van der Waals surface area contributed by atoms with E-state index in [1.165, 1.54) is 0 Å². The van der Waals surface area contributed by atoms with E-state index in [9.17, 15) is 5.11 Å². The van der Waals surface area contributed by atoms with Crippen LogP contribution in [0.4, 0.5) is 11.8 Å². The van der Waals surface area contributed by atoms with Crippen molar-refractivity contribution in [3.05, 3.63) is 36.4 Å². The summed E-state index contributed by atoms with van der Waals surface area (Å²) in [6, 6.07) is 6.63. The van der Waals surface area contributed by atoms with Gasteiger partial charge in [0.25, 0.3) is 6.01 Å². The molecular formula is C18H22N6O2. The van der Waals surface area contributed by atoms with Gasteiger partial charge in [-0.25, -0.2) is 15.0 Å². The third-order valence-electron chi connectivity index (χ3n) is 4.64. The molecule has 26 heavy (non-hydrogen) atoms. The van der Waals surface area contributed by atoms with Gasteiger partial charge in [0.15, 0.2) is 5.82 Å². The molecule has 4 rings (SSSR count). The summed E-state index contributed by atoms with van der Waals surface area (Å²) in [4.78, 5) is 21.8. The fourth-order valence-electron chi connectivity index (χ4n) is 3.53. The van der Waals surface area contributed by atoms with E-state index < -0.39 is 6.10 Å². The molecule has 1 aliphatic rings. The van der Waals surface area contributed by atoms with E-state index in [4.69, 9.17) is 4.42 Å². The summed E-state index contributed by atoms with van der Waals surface area (Å²) in [5.41, 5.74) is 1.32. The summed E-state index contributed by atoms with van der Waals surface area (Å²) in [6.45, 7) is 7.48. The monoisotopic (exact) mass is 354 g/mol. The molecule has 0 bridgehead atoms. The molecule has 1 N–H and O–H groups in total. The van der Waals surface area contributed by atoms with Crippen LogP contribution in [0.15, 0.2) is 35.0 Å². The Hall–Kier alpha value is -2.74. The van der Waals surface area contributed by atoms with E-state index in [2.05, 4.69) is 43.6 Å². The van der Waals surface area contributed by atoms with Gasteiger partial charge < -0.3 is 19.3 Å². The van der Waals surface area contributed by atoms with Crippen molar-refractivity contribution in [3.63, 3.8) is 0 Å². The molecule has 8 heteroatoms. The predicted octanol–water partition coefficient (Wildman–Crippen LogP) is 2.17. The molecule has 0 radical (unpaired) electrons. The molecule has 1 saturated heterocycles. The van der Waals surface area contributed by atoms with Crippen LogP contribution in [0.2, 0.25) is 0 Å². The number of nitrogens with zero attached hydrogens (tertiary/aromatic N) is 6. The number of pyridine rings is 1. The van der Waals surface area contributed by atoms with Crippen LogP contribution in [0.5, 0.6) is 0 Å². The van der Waals surface area contributed by atoms with Crippen molar-refractivity contribution < 1.29 is 9.52 Å². The van der Waals surface area contributed by atoms with E-state index in [0.29, 0.717) is 17.6 Å². The number of aliphatic hydroxyl groups is 1. The normalized spacial score (nSPS) is 22.0. The van der Waals surface area contributed by atoms with Crippen molar-refractivity contribution in [2.75, 3.05) is 22.9 Å². The van der Waals surface area contributed by atoms with Gasteiger partial charge >= 0.3 is 0 Å². The molecule has 0 aliphatic carbocycles. The molecule has 136 valence electrons. The van der Waals surface area contributed by atoms with Gasteiger partial charge in [0.2, 0.25) is 5.71 Å². The molecule has 1 fully saturated rings. The first-order valence-electron chi connectivity index (χ1n) is 8.79. The largest absolute Gasteiger partial charge is 0.404 e. The average Bonchev–Trinajstić information content (AvgIpc) is 3.05. The molecule has 0 spiro atoms. The molecule has 0 amide bonds. The lowest BCUT2D eigenvalue weighted by Gasteiger charge is -2.44. The van der Waals surface area contributed by atoms with Crippen LogP contribution >= 0.6 is 0 Å². The minimum atomic E-state index is -0.686. The fourth-order valence-corrected chi connectivity index (χ4v) is 3.53. The number of anilines is 2. The van der Waals surface area contributed by atoms with Crippen molar-refractivity contribution in [1.29, 1.82) is 0 Å². The Labute approximate surface area is 151 Å². The lowest BCUT2D eigenvalue weighted by molar-refractivity contribution is 0.189. The number of hydrogen-bond donors (Lipinski definition) is 1. The van der Waals surface area contributed by atoms with Crippen molar-refractivity contribution >= 4 is 23.1 Å². The maximum Gasteiger partial charge on any atom is 0.299 e. The van der Waals surface area contributed by atoms with Crippen LogP contribution in [-0.2, 0) is 0 Å². The SMILES string of the molecule is C[C@@H]1CN(c2nc3cccnc3o2)C[C@H](C)N1c1ccnc([C@@H](C)O)n1. The summed E-state index contributed by atoms with van der Waals surface area (Å²) < 4.78 is 5.82. The van der Waals surface area contributed by atoms with Gasteiger partial charge in [0.05, 0.1) is 0 Å². The second kappa shape index (κ2) is 6.53. The highest BCUT2D eigenvalue weighted by molar-refractivity contribution is 5.70. The Balaban J connectivity index is 1.58. The number of rotatable bonds is 3. The van der Waals surface area contributed by atoms with Crippen LogP contribution in [-0.4, -0.2) is 50.2 Å². The first-order valence-corrected chi connectivity index (χ1v) is 8.79. The number of fused-ring (bicyclic) bond motifs is 1. The number of aromatic nitrogens is 4. The van der Waals surface area contributed by atoms with Crippen LogP contribution in [0.3, 0.4) is 0 Å². The third-order valence-corrected chi connectivity index (χ3v) is 4.64. The van der Waals surface area contributed by atoms with E-state index in [-0.39, 0.29) is 12.1 Å². The quantitative estimate of drug-likeness (QED) is 0.765. The van der Waals surface area contributed by atoms with Crippen molar-refractivity contribution in [2.45, 2.75) is 39.0 Å². The van der Waals surface area contributed by atoms with E-state index in [1.54, 1.807) is 19.3 Å². The first-order chi connectivity index (χ1) is 12.5. The number of aliphatic hydroxyl groups excluding tert-OH is 1. The molecule has 0 unspecified atom stereocenters. The van der Waals surface area contributed by atoms with Gasteiger partial charge in [0.1, 0.15) is 17.4 Å². The molecule has 4 heterocycles. The third kappa shape index (κ3) is 2.96. The molecule has 0 saturated carbocycles. The van der Waals surface area contributed by atoms with E-state index in [1.807, 2.05) is 18.2 Å². The summed E-state index contributed by atoms with van der Waals surface area (Å²) in [5, 5.41) is 9.76. The minimum absolute atomic E-state index is 0.193. The zero-order valence-electron chi connectivity index (χ0n) is 15.1. The molecule has 1 aliphatic heterocycles. The Kier molecular flexibility index (Phi) is 4.20. The van der Waals surface area contributed by atoms with E-state index >= 15 is 0 Å². The van der Waals surface area contributed by atoms with Gasteiger partial charge in [0, 0.05) is 37.6 Å². The van der Waals surface area contributed by atoms with Crippen molar-refractivity contribution in [1.82, 2.24) is 19.9 Å². The predicted molar refractivity (Wildman–Crippen MR) is 98.1 cm³/mol. The molecule has 3 aromatic heterocycles. The Morgan fingerprint density at radius 2 is 1.88 bits per heavy atom. The Morgan fingerprint density at radius 1 is 1.12 bits per heavy atom. The van der Waals surface area contributed by atoms with Crippen LogP contribution in [0, 0.1) is 0 Å². The smallest absolute Gasteiger partial charge is 0.299 e. The molecule has 3 atom stereocenters. The van der Waals surface area contributed by atoms with Gasteiger partial charge in [-0.3, -0.25) is 0 Å². The van der Waals surface area contributed by atoms with Gasteiger partial charge in [-0.1, -0.05) is 0 Å². The second-order valence-electron chi connectivity index (χ2n) is 6.78.